The highest BCUT2D eigenvalue weighted by atomic mass is 35.5. The zero-order chi connectivity index (χ0) is 28.0. The number of aromatic nitrogens is 5. The molecule has 0 bridgehead atoms. The van der Waals surface area contributed by atoms with Gasteiger partial charge in [-0.1, -0.05) is 11.6 Å². The highest BCUT2D eigenvalue weighted by molar-refractivity contribution is 7.59. The molecule has 3 aromatic heterocycles. The standard InChI is InChI=1S/C28H23ClF2N6O3.2H2S/c1-15-35-24-12-34-23-11-21(30)18(17-4-3-16(9-20(17)29)40-28-32-6-2-7-33-28)10-19(23)27(24)37(15)25-5-8-36(13-22(25)31)26(39)14-38;;/h2-4,6-7,9-12,22,25,38H,5,8,13-14H2,1H3;2*1H2/t22-,25-;;/m0../s1. The second kappa shape index (κ2) is 12.8. The topological polar surface area (TPSA) is 106 Å². The minimum absolute atomic E-state index is 0. The number of rotatable bonds is 5. The number of fused-ring (bicyclic) bond motifs is 3. The normalized spacial score (nSPS) is 16.6. The number of pyridine rings is 1. The van der Waals surface area contributed by atoms with Crippen molar-refractivity contribution in [3.05, 3.63) is 71.7 Å². The summed E-state index contributed by atoms with van der Waals surface area (Å²) >= 11 is 6.58. The van der Waals surface area contributed by atoms with E-state index >= 15 is 8.78 Å². The monoisotopic (exact) mass is 632 g/mol. The van der Waals surface area contributed by atoms with Crippen LogP contribution in [0.5, 0.6) is 11.8 Å². The van der Waals surface area contributed by atoms with Crippen LogP contribution in [0.1, 0.15) is 18.3 Å². The van der Waals surface area contributed by atoms with E-state index in [9.17, 15) is 9.90 Å². The predicted molar refractivity (Wildman–Crippen MR) is 165 cm³/mol. The fraction of sp³-hybridized carbons (Fsp3) is 0.250. The maximum Gasteiger partial charge on any atom is 0.321 e. The second-order valence-electron chi connectivity index (χ2n) is 9.52. The van der Waals surface area contributed by atoms with Crippen LogP contribution in [0, 0.1) is 12.7 Å². The molecule has 1 fully saturated rings. The number of amides is 1. The molecule has 42 heavy (non-hydrogen) atoms. The fourth-order valence-corrected chi connectivity index (χ4v) is 5.53. The van der Waals surface area contributed by atoms with Gasteiger partial charge in [0.2, 0.25) is 5.91 Å². The lowest BCUT2D eigenvalue weighted by Gasteiger charge is -2.35. The van der Waals surface area contributed by atoms with Gasteiger partial charge >= 0.3 is 6.01 Å². The molecule has 0 radical (unpaired) electrons. The number of halogens is 3. The van der Waals surface area contributed by atoms with Crippen LogP contribution in [0.25, 0.3) is 33.1 Å². The van der Waals surface area contributed by atoms with Gasteiger partial charge in [0.25, 0.3) is 0 Å². The molecule has 14 heteroatoms. The first-order chi connectivity index (χ1) is 19.3. The highest BCUT2D eigenvalue weighted by Crippen LogP contribution is 2.38. The number of hydrogen-bond acceptors (Lipinski definition) is 7. The van der Waals surface area contributed by atoms with Crippen LogP contribution in [0.15, 0.2) is 55.0 Å². The van der Waals surface area contributed by atoms with Crippen LogP contribution in [0.3, 0.4) is 0 Å². The lowest BCUT2D eigenvalue weighted by molar-refractivity contribution is -0.137. The Balaban J connectivity index is 0.00000202. The molecular formula is C28H27ClF2N6O3S2. The van der Waals surface area contributed by atoms with Gasteiger partial charge in [0.15, 0.2) is 0 Å². The third kappa shape index (κ3) is 5.74. The molecule has 0 aliphatic carbocycles. The van der Waals surface area contributed by atoms with Gasteiger partial charge in [0.05, 0.1) is 34.8 Å². The summed E-state index contributed by atoms with van der Waals surface area (Å²) in [5, 5.41) is 10.0. The summed E-state index contributed by atoms with van der Waals surface area (Å²) < 4.78 is 38.3. The number of benzene rings is 2. The summed E-state index contributed by atoms with van der Waals surface area (Å²) in [7, 11) is 0. The number of nitrogens with zero attached hydrogens (tertiary/aromatic N) is 6. The van der Waals surface area contributed by atoms with E-state index < -0.39 is 30.5 Å². The van der Waals surface area contributed by atoms with Gasteiger partial charge in [0, 0.05) is 47.6 Å². The third-order valence-electron chi connectivity index (χ3n) is 7.09. The molecule has 1 N–H and O–H groups in total. The number of aliphatic hydroxyl groups excluding tert-OH is 1. The zero-order valence-electron chi connectivity index (χ0n) is 22.3. The minimum atomic E-state index is -1.39. The smallest absolute Gasteiger partial charge is 0.321 e. The van der Waals surface area contributed by atoms with E-state index in [1.165, 1.54) is 11.0 Å². The van der Waals surface area contributed by atoms with Crippen molar-refractivity contribution >= 4 is 66.4 Å². The average Bonchev–Trinajstić information content (AvgIpc) is 3.29. The fourth-order valence-electron chi connectivity index (χ4n) is 5.26. The first kappa shape index (κ1) is 31.4. The molecular weight excluding hydrogens is 606 g/mol. The Bertz CT molecular complexity index is 1760. The number of aryl methyl sites for hydroxylation is 1. The molecule has 2 aromatic carbocycles. The molecule has 1 amide bonds. The quantitative estimate of drug-likeness (QED) is 0.282. The van der Waals surface area contributed by atoms with Crippen LogP contribution in [-0.2, 0) is 4.79 Å². The van der Waals surface area contributed by atoms with Crippen LogP contribution in [0.2, 0.25) is 5.02 Å². The Kier molecular flexibility index (Phi) is 9.56. The highest BCUT2D eigenvalue weighted by Gasteiger charge is 2.34. The van der Waals surface area contributed by atoms with Crippen LogP contribution in [-0.4, -0.2) is 66.3 Å². The predicted octanol–water partition coefficient (Wildman–Crippen LogP) is 5.26. The van der Waals surface area contributed by atoms with Gasteiger partial charge in [-0.2, -0.15) is 27.0 Å². The first-order valence-electron chi connectivity index (χ1n) is 12.6. The maximum absolute atomic E-state index is 15.5. The van der Waals surface area contributed by atoms with Crippen molar-refractivity contribution in [1.82, 2.24) is 29.4 Å². The summed E-state index contributed by atoms with van der Waals surface area (Å²) in [5.41, 5.74) is 2.22. The summed E-state index contributed by atoms with van der Waals surface area (Å²) in [6.07, 6.45) is 3.58. The van der Waals surface area contributed by atoms with E-state index in [1.54, 1.807) is 55.8 Å². The Morgan fingerprint density at radius 2 is 1.88 bits per heavy atom. The number of carbonyl (C=O) groups is 1. The number of ether oxygens (including phenoxy) is 1. The lowest BCUT2D eigenvalue weighted by atomic mass is 10.00. The van der Waals surface area contributed by atoms with Gasteiger partial charge < -0.3 is 19.3 Å². The van der Waals surface area contributed by atoms with Gasteiger partial charge in [-0.25, -0.2) is 23.7 Å². The van der Waals surface area contributed by atoms with Crippen molar-refractivity contribution in [2.75, 3.05) is 19.7 Å². The number of carbonyl (C=O) groups excluding carboxylic acids is 1. The van der Waals surface area contributed by atoms with Crippen molar-refractivity contribution in [1.29, 1.82) is 0 Å². The minimum Gasteiger partial charge on any atom is -0.424 e. The first-order valence-corrected chi connectivity index (χ1v) is 13.0. The van der Waals surface area contributed by atoms with Crippen molar-refractivity contribution in [2.45, 2.75) is 25.6 Å². The molecule has 0 spiro atoms. The molecule has 1 saturated heterocycles. The molecule has 0 unspecified atom stereocenters. The van der Waals surface area contributed by atoms with Crippen molar-refractivity contribution < 1.29 is 23.4 Å². The average molecular weight is 633 g/mol. The van der Waals surface area contributed by atoms with E-state index in [1.807, 2.05) is 4.57 Å². The van der Waals surface area contributed by atoms with E-state index in [-0.39, 0.29) is 50.1 Å². The molecule has 9 nitrogen and oxygen atoms in total. The van der Waals surface area contributed by atoms with Gasteiger partial charge in [-0.15, -0.1) is 0 Å². The van der Waals surface area contributed by atoms with E-state index in [2.05, 4.69) is 19.9 Å². The van der Waals surface area contributed by atoms with Crippen LogP contribution < -0.4 is 4.74 Å². The van der Waals surface area contributed by atoms with Crippen LogP contribution >= 0.6 is 38.6 Å². The van der Waals surface area contributed by atoms with E-state index in [0.717, 1.165) is 0 Å². The van der Waals surface area contributed by atoms with Gasteiger partial charge in [-0.05, 0) is 37.6 Å². The van der Waals surface area contributed by atoms with Gasteiger partial charge in [0.1, 0.15) is 35.7 Å². The second-order valence-corrected chi connectivity index (χ2v) is 9.92. The number of piperidine rings is 1. The SMILES string of the molecule is Cc1nc2cnc3cc(F)c(-c4ccc(Oc5ncccn5)cc4Cl)cc3c2n1[C@H]1CCN(C(=O)CO)C[C@@H]1F.S.S. The Hall–Kier alpha value is -3.52. The summed E-state index contributed by atoms with van der Waals surface area (Å²) in [4.78, 5) is 30.3. The van der Waals surface area contributed by atoms with E-state index in [0.29, 0.717) is 52.0 Å². The molecule has 1 aliphatic rings. The zero-order valence-corrected chi connectivity index (χ0v) is 25.0. The molecule has 5 aromatic rings. The Labute approximate surface area is 258 Å². The number of imidazole rings is 1. The van der Waals surface area contributed by atoms with Gasteiger partial charge in [-0.3, -0.25) is 9.78 Å². The van der Waals surface area contributed by atoms with E-state index in [4.69, 9.17) is 16.3 Å². The molecule has 0 saturated carbocycles. The molecule has 4 heterocycles. The molecule has 6 rings (SSSR count). The van der Waals surface area contributed by atoms with Crippen molar-refractivity contribution in [3.8, 4) is 22.9 Å². The van der Waals surface area contributed by atoms with Crippen LogP contribution in [0.4, 0.5) is 8.78 Å². The number of likely N-dealkylation sites (tertiary alicyclic amines) is 1. The molecule has 2 atom stereocenters. The Morgan fingerprint density at radius 1 is 1.12 bits per heavy atom. The summed E-state index contributed by atoms with van der Waals surface area (Å²) in [6.45, 7) is 1.28. The third-order valence-corrected chi connectivity index (χ3v) is 7.40. The Morgan fingerprint density at radius 3 is 2.57 bits per heavy atom. The number of hydrogen-bond donors (Lipinski definition) is 1. The molecule has 220 valence electrons. The lowest BCUT2D eigenvalue weighted by Crippen LogP contribution is -2.46. The number of aliphatic hydroxyl groups is 1. The summed E-state index contributed by atoms with van der Waals surface area (Å²) in [6, 6.07) is 9.03. The van der Waals surface area contributed by atoms with Crippen molar-refractivity contribution in [3.63, 3.8) is 0 Å². The van der Waals surface area contributed by atoms with Crippen molar-refractivity contribution in [2.24, 2.45) is 0 Å². The largest absolute Gasteiger partial charge is 0.424 e. The number of alkyl halides is 1. The summed E-state index contributed by atoms with van der Waals surface area (Å²) in [5.74, 6) is -0.0673. The maximum atomic E-state index is 15.5. The molecule has 1 aliphatic heterocycles.